The first-order valence-electron chi connectivity index (χ1n) is 6.99. The number of methoxy groups -OCH3 is 1. The second-order valence-corrected chi connectivity index (χ2v) is 6.84. The number of nitrogens with zero attached hydrogens (tertiary/aromatic N) is 1. The summed E-state index contributed by atoms with van der Waals surface area (Å²) in [6.07, 6.45) is 1.75. The van der Waals surface area contributed by atoms with Gasteiger partial charge in [0, 0.05) is 45.9 Å². The molecule has 114 valence electrons. The minimum Gasteiger partial charge on any atom is -0.383 e. The van der Waals surface area contributed by atoms with Crippen LogP contribution in [0.1, 0.15) is 19.8 Å². The third-order valence-electron chi connectivity index (χ3n) is 3.24. The van der Waals surface area contributed by atoms with Gasteiger partial charge in [0.1, 0.15) is 0 Å². The second-order valence-electron chi connectivity index (χ2n) is 4.97. The van der Waals surface area contributed by atoms with Crippen molar-refractivity contribution in [1.82, 2.24) is 14.9 Å². The van der Waals surface area contributed by atoms with Crippen molar-refractivity contribution in [3.8, 4) is 0 Å². The molecule has 1 saturated heterocycles. The molecule has 6 nitrogen and oxygen atoms in total. The van der Waals surface area contributed by atoms with Gasteiger partial charge in [-0.05, 0) is 6.42 Å². The summed E-state index contributed by atoms with van der Waals surface area (Å²) < 4.78 is 31.8. The Morgan fingerprint density at radius 3 is 2.63 bits per heavy atom. The average Bonchev–Trinajstić information content (AvgIpc) is 2.38. The van der Waals surface area contributed by atoms with Gasteiger partial charge in [-0.1, -0.05) is 13.3 Å². The maximum Gasteiger partial charge on any atom is 0.213 e. The lowest BCUT2D eigenvalue weighted by Gasteiger charge is -2.27. The summed E-state index contributed by atoms with van der Waals surface area (Å²) in [6, 6.07) is -0.108. The van der Waals surface area contributed by atoms with E-state index in [0.717, 1.165) is 39.0 Å². The van der Waals surface area contributed by atoms with E-state index in [-0.39, 0.29) is 11.8 Å². The van der Waals surface area contributed by atoms with E-state index in [9.17, 15) is 8.42 Å². The van der Waals surface area contributed by atoms with Crippen LogP contribution in [-0.2, 0) is 14.8 Å². The van der Waals surface area contributed by atoms with Crippen LogP contribution in [0.5, 0.6) is 0 Å². The molecule has 0 aromatic rings. The first kappa shape index (κ1) is 16.8. The van der Waals surface area contributed by atoms with Crippen molar-refractivity contribution in [2.75, 3.05) is 52.2 Å². The lowest BCUT2D eigenvalue weighted by Crippen LogP contribution is -2.47. The molecule has 7 heteroatoms. The predicted octanol–water partition coefficient (Wildman–Crippen LogP) is -0.374. The lowest BCUT2D eigenvalue weighted by atomic mass is 10.2. The van der Waals surface area contributed by atoms with E-state index in [2.05, 4.69) is 14.9 Å². The SMILES string of the molecule is CCCC(COC)NS(=O)(=O)CCN1CCNCC1. The predicted molar refractivity (Wildman–Crippen MR) is 76.8 cm³/mol. The van der Waals surface area contributed by atoms with E-state index < -0.39 is 10.0 Å². The fraction of sp³-hybridized carbons (Fsp3) is 1.00. The highest BCUT2D eigenvalue weighted by Gasteiger charge is 2.19. The molecule has 2 N–H and O–H groups in total. The van der Waals surface area contributed by atoms with Gasteiger partial charge in [-0.2, -0.15) is 0 Å². The van der Waals surface area contributed by atoms with E-state index in [0.29, 0.717) is 13.2 Å². The summed E-state index contributed by atoms with van der Waals surface area (Å²) in [6.45, 7) is 6.80. The second kappa shape index (κ2) is 8.86. The van der Waals surface area contributed by atoms with Crippen LogP contribution < -0.4 is 10.0 Å². The number of sulfonamides is 1. The summed E-state index contributed by atoms with van der Waals surface area (Å²) in [5, 5.41) is 3.25. The number of rotatable bonds is 9. The Kier molecular flexibility index (Phi) is 7.86. The molecular formula is C12H27N3O3S. The molecule has 1 rings (SSSR count). The molecule has 1 fully saturated rings. The van der Waals surface area contributed by atoms with Gasteiger partial charge in [-0.3, -0.25) is 4.90 Å². The lowest BCUT2D eigenvalue weighted by molar-refractivity contribution is 0.171. The summed E-state index contributed by atoms with van der Waals surface area (Å²) >= 11 is 0. The molecule has 0 saturated carbocycles. The van der Waals surface area contributed by atoms with Crippen molar-refractivity contribution in [2.24, 2.45) is 0 Å². The normalized spacial score (nSPS) is 19.5. The standard InChI is InChI=1S/C12H27N3O3S/c1-3-4-12(11-18-2)14-19(16,17)10-9-15-7-5-13-6-8-15/h12-14H,3-11H2,1-2H3. The van der Waals surface area contributed by atoms with Gasteiger partial charge >= 0.3 is 0 Å². The monoisotopic (exact) mass is 293 g/mol. The van der Waals surface area contributed by atoms with Crippen LogP contribution in [0.4, 0.5) is 0 Å². The molecule has 0 radical (unpaired) electrons. The van der Waals surface area contributed by atoms with Crippen molar-refractivity contribution < 1.29 is 13.2 Å². The molecule has 1 heterocycles. The molecule has 0 bridgehead atoms. The summed E-state index contributed by atoms with van der Waals surface area (Å²) in [5.74, 6) is 0.164. The Labute approximate surface area is 116 Å². The molecule has 19 heavy (non-hydrogen) atoms. The Balaban J connectivity index is 2.36. The van der Waals surface area contributed by atoms with Crippen LogP contribution in [0.25, 0.3) is 0 Å². The molecule has 0 aromatic carbocycles. The van der Waals surface area contributed by atoms with Crippen LogP contribution >= 0.6 is 0 Å². The first-order valence-corrected chi connectivity index (χ1v) is 8.64. The molecule has 0 aliphatic carbocycles. The molecule has 0 amide bonds. The Morgan fingerprint density at radius 1 is 1.37 bits per heavy atom. The molecular weight excluding hydrogens is 266 g/mol. The minimum atomic E-state index is -3.22. The zero-order valence-electron chi connectivity index (χ0n) is 12.0. The highest BCUT2D eigenvalue weighted by molar-refractivity contribution is 7.89. The Morgan fingerprint density at radius 2 is 2.05 bits per heavy atom. The number of nitrogens with one attached hydrogen (secondary N) is 2. The molecule has 1 atom stereocenters. The maximum absolute atomic E-state index is 12.0. The van der Waals surface area contributed by atoms with E-state index in [1.807, 2.05) is 6.92 Å². The van der Waals surface area contributed by atoms with Gasteiger partial charge in [0.15, 0.2) is 0 Å². The molecule has 0 aromatic heterocycles. The number of hydrogen-bond donors (Lipinski definition) is 2. The maximum atomic E-state index is 12.0. The summed E-state index contributed by atoms with van der Waals surface area (Å²) in [4.78, 5) is 2.18. The Bertz CT molecular complexity index is 323. The molecule has 1 unspecified atom stereocenters. The zero-order chi connectivity index (χ0) is 14.1. The van der Waals surface area contributed by atoms with Crippen molar-refractivity contribution in [3.05, 3.63) is 0 Å². The van der Waals surface area contributed by atoms with E-state index in [1.54, 1.807) is 7.11 Å². The molecule has 0 spiro atoms. The van der Waals surface area contributed by atoms with Gasteiger partial charge in [-0.25, -0.2) is 13.1 Å². The summed E-state index contributed by atoms with van der Waals surface area (Å²) in [5.41, 5.74) is 0. The smallest absolute Gasteiger partial charge is 0.213 e. The van der Waals surface area contributed by atoms with Crippen molar-refractivity contribution in [2.45, 2.75) is 25.8 Å². The highest BCUT2D eigenvalue weighted by atomic mass is 32.2. The van der Waals surface area contributed by atoms with Crippen LogP contribution in [0, 0.1) is 0 Å². The van der Waals surface area contributed by atoms with Gasteiger partial charge in [0.05, 0.1) is 12.4 Å². The zero-order valence-corrected chi connectivity index (χ0v) is 12.8. The topological polar surface area (TPSA) is 70.7 Å². The Hall–Kier alpha value is -0.210. The number of ether oxygens (including phenoxy) is 1. The molecule has 1 aliphatic rings. The van der Waals surface area contributed by atoms with E-state index >= 15 is 0 Å². The quantitative estimate of drug-likeness (QED) is 0.607. The van der Waals surface area contributed by atoms with E-state index in [1.165, 1.54) is 0 Å². The van der Waals surface area contributed by atoms with Crippen LogP contribution in [0.15, 0.2) is 0 Å². The average molecular weight is 293 g/mol. The van der Waals surface area contributed by atoms with Gasteiger partial charge < -0.3 is 10.1 Å². The fourth-order valence-corrected chi connectivity index (χ4v) is 3.53. The van der Waals surface area contributed by atoms with Crippen molar-refractivity contribution in [3.63, 3.8) is 0 Å². The number of hydrogen-bond acceptors (Lipinski definition) is 5. The largest absolute Gasteiger partial charge is 0.383 e. The van der Waals surface area contributed by atoms with Gasteiger partial charge in [0.2, 0.25) is 10.0 Å². The van der Waals surface area contributed by atoms with Crippen molar-refractivity contribution in [1.29, 1.82) is 0 Å². The van der Waals surface area contributed by atoms with Crippen molar-refractivity contribution >= 4 is 10.0 Å². The third-order valence-corrected chi connectivity index (χ3v) is 4.65. The van der Waals surface area contributed by atoms with Crippen LogP contribution in [0.3, 0.4) is 0 Å². The van der Waals surface area contributed by atoms with Gasteiger partial charge in [-0.15, -0.1) is 0 Å². The molecule has 1 aliphatic heterocycles. The van der Waals surface area contributed by atoms with Gasteiger partial charge in [0.25, 0.3) is 0 Å². The first-order chi connectivity index (χ1) is 9.07. The van der Waals surface area contributed by atoms with E-state index in [4.69, 9.17) is 4.74 Å². The third kappa shape index (κ3) is 7.22. The fourth-order valence-electron chi connectivity index (χ4n) is 2.22. The minimum absolute atomic E-state index is 0.108. The number of piperazine rings is 1. The van der Waals surface area contributed by atoms with Crippen LogP contribution in [0.2, 0.25) is 0 Å². The summed E-state index contributed by atoms with van der Waals surface area (Å²) in [7, 11) is -1.62. The van der Waals surface area contributed by atoms with Crippen LogP contribution in [-0.4, -0.2) is 71.6 Å². The highest BCUT2D eigenvalue weighted by Crippen LogP contribution is 2.01.